The average molecular weight is 366 g/mol. The maximum absolute atomic E-state index is 13.3. The molecule has 0 bridgehead atoms. The van der Waals surface area contributed by atoms with Crippen LogP contribution < -0.4 is 10.6 Å². The van der Waals surface area contributed by atoms with Crippen molar-refractivity contribution in [2.24, 2.45) is 0 Å². The van der Waals surface area contributed by atoms with Gasteiger partial charge in [0.15, 0.2) is 5.76 Å². The van der Waals surface area contributed by atoms with Crippen LogP contribution in [0.15, 0.2) is 45.5 Å². The second-order valence-electron chi connectivity index (χ2n) is 5.28. The average Bonchev–Trinajstić information content (AvgIpc) is 3.23. The Morgan fingerprint density at radius 3 is 2.73 bits per heavy atom. The molecular weight excluding hydrogens is 353 g/mol. The SMILES string of the molecule is CC(=O)Nc1ccc(NCc2nc(-c3ccco3)no2)c(C(F)(F)F)c1. The van der Waals surface area contributed by atoms with Crippen molar-refractivity contribution < 1.29 is 26.9 Å². The van der Waals surface area contributed by atoms with E-state index in [1.165, 1.54) is 25.3 Å². The number of furan rings is 1. The number of nitrogens with zero attached hydrogens (tertiary/aromatic N) is 2. The fourth-order valence-electron chi connectivity index (χ4n) is 2.22. The monoisotopic (exact) mass is 366 g/mol. The summed E-state index contributed by atoms with van der Waals surface area (Å²) in [6.07, 6.45) is -3.17. The zero-order chi connectivity index (χ0) is 18.7. The lowest BCUT2D eigenvalue weighted by atomic mass is 10.1. The quantitative estimate of drug-likeness (QED) is 0.711. The van der Waals surface area contributed by atoms with Crippen molar-refractivity contribution in [2.75, 3.05) is 10.6 Å². The largest absolute Gasteiger partial charge is 0.461 e. The molecule has 0 unspecified atom stereocenters. The van der Waals surface area contributed by atoms with Crippen molar-refractivity contribution >= 4 is 17.3 Å². The van der Waals surface area contributed by atoms with Crippen LogP contribution >= 0.6 is 0 Å². The van der Waals surface area contributed by atoms with Crippen LogP contribution in [0.5, 0.6) is 0 Å². The van der Waals surface area contributed by atoms with E-state index in [1.807, 2.05) is 0 Å². The Bertz CT molecular complexity index is 904. The molecule has 26 heavy (non-hydrogen) atoms. The summed E-state index contributed by atoms with van der Waals surface area (Å²) in [7, 11) is 0. The first-order valence-electron chi connectivity index (χ1n) is 7.42. The molecule has 1 aromatic carbocycles. The summed E-state index contributed by atoms with van der Waals surface area (Å²) in [5, 5.41) is 8.63. The van der Waals surface area contributed by atoms with Gasteiger partial charge in [0, 0.05) is 18.3 Å². The summed E-state index contributed by atoms with van der Waals surface area (Å²) in [6.45, 7) is 1.10. The third kappa shape index (κ3) is 4.02. The summed E-state index contributed by atoms with van der Waals surface area (Å²) in [5.41, 5.74) is -1.05. The third-order valence-corrected chi connectivity index (χ3v) is 3.29. The molecule has 0 aliphatic rings. The fraction of sp³-hybridized carbons (Fsp3) is 0.188. The number of benzene rings is 1. The molecule has 2 N–H and O–H groups in total. The van der Waals surface area contributed by atoms with Gasteiger partial charge >= 0.3 is 6.18 Å². The molecule has 2 heterocycles. The van der Waals surface area contributed by atoms with Crippen LogP contribution in [0.4, 0.5) is 24.5 Å². The Labute approximate surface area is 145 Å². The predicted octanol–water partition coefficient (Wildman–Crippen LogP) is 3.92. The second-order valence-corrected chi connectivity index (χ2v) is 5.28. The molecule has 3 rings (SSSR count). The Kier molecular flexibility index (Phi) is 4.65. The zero-order valence-corrected chi connectivity index (χ0v) is 13.4. The lowest BCUT2D eigenvalue weighted by Crippen LogP contribution is -2.13. The Balaban J connectivity index is 1.78. The van der Waals surface area contributed by atoms with Crippen LogP contribution in [0, 0.1) is 0 Å². The number of halogens is 3. The number of aromatic nitrogens is 2. The van der Waals surface area contributed by atoms with Gasteiger partial charge in [-0.25, -0.2) is 0 Å². The smallest absolute Gasteiger partial charge is 0.418 e. The van der Waals surface area contributed by atoms with Crippen molar-refractivity contribution in [3.8, 4) is 11.6 Å². The van der Waals surface area contributed by atoms with Gasteiger partial charge in [-0.15, -0.1) is 0 Å². The zero-order valence-electron chi connectivity index (χ0n) is 13.4. The first-order valence-corrected chi connectivity index (χ1v) is 7.42. The molecule has 7 nitrogen and oxygen atoms in total. The van der Waals surface area contributed by atoms with Crippen LogP contribution in [0.2, 0.25) is 0 Å². The van der Waals surface area contributed by atoms with Crippen molar-refractivity contribution in [1.82, 2.24) is 10.1 Å². The molecular formula is C16H13F3N4O3. The molecule has 2 aromatic heterocycles. The van der Waals surface area contributed by atoms with Crippen LogP contribution in [-0.2, 0) is 17.5 Å². The molecule has 0 spiro atoms. The minimum atomic E-state index is -4.61. The lowest BCUT2D eigenvalue weighted by Gasteiger charge is -2.15. The molecule has 1 amide bonds. The van der Waals surface area contributed by atoms with E-state index >= 15 is 0 Å². The molecule has 0 aliphatic carbocycles. The predicted molar refractivity (Wildman–Crippen MR) is 85.1 cm³/mol. The first kappa shape index (κ1) is 17.5. The summed E-state index contributed by atoms with van der Waals surface area (Å²) in [6, 6.07) is 6.71. The van der Waals surface area contributed by atoms with Crippen LogP contribution in [0.3, 0.4) is 0 Å². The molecule has 0 radical (unpaired) electrons. The molecule has 0 fully saturated rings. The van der Waals surface area contributed by atoms with Gasteiger partial charge in [-0.05, 0) is 30.3 Å². The number of carbonyl (C=O) groups is 1. The Morgan fingerprint density at radius 1 is 1.27 bits per heavy atom. The third-order valence-electron chi connectivity index (χ3n) is 3.29. The Hall–Kier alpha value is -3.30. The Morgan fingerprint density at radius 2 is 2.08 bits per heavy atom. The summed E-state index contributed by atoms with van der Waals surface area (Å²) < 4.78 is 49.9. The van der Waals surface area contributed by atoms with Gasteiger partial charge in [-0.3, -0.25) is 4.79 Å². The van der Waals surface area contributed by atoms with Crippen molar-refractivity contribution in [3.63, 3.8) is 0 Å². The molecule has 10 heteroatoms. The molecule has 3 aromatic rings. The number of nitrogens with one attached hydrogen (secondary N) is 2. The van der Waals surface area contributed by atoms with Gasteiger partial charge < -0.3 is 19.6 Å². The highest BCUT2D eigenvalue weighted by atomic mass is 19.4. The lowest BCUT2D eigenvalue weighted by molar-refractivity contribution is -0.137. The minimum absolute atomic E-state index is 0.0493. The topological polar surface area (TPSA) is 93.2 Å². The van der Waals surface area contributed by atoms with Gasteiger partial charge in [0.1, 0.15) is 0 Å². The number of hydrogen-bond acceptors (Lipinski definition) is 6. The van der Waals surface area contributed by atoms with E-state index in [9.17, 15) is 18.0 Å². The first-order chi connectivity index (χ1) is 12.3. The fourth-order valence-corrected chi connectivity index (χ4v) is 2.22. The number of hydrogen-bond donors (Lipinski definition) is 2. The highest BCUT2D eigenvalue weighted by Gasteiger charge is 2.34. The molecule has 136 valence electrons. The van der Waals surface area contributed by atoms with E-state index < -0.39 is 17.6 Å². The number of alkyl halides is 3. The van der Waals surface area contributed by atoms with Crippen molar-refractivity contribution in [3.05, 3.63) is 48.0 Å². The second kappa shape index (κ2) is 6.90. The molecule has 0 aliphatic heterocycles. The van der Waals surface area contributed by atoms with Crippen LogP contribution in [0.1, 0.15) is 18.4 Å². The maximum Gasteiger partial charge on any atom is 0.418 e. The van der Waals surface area contributed by atoms with Gasteiger partial charge in [-0.2, -0.15) is 18.2 Å². The normalized spacial score (nSPS) is 11.4. The van der Waals surface area contributed by atoms with Gasteiger partial charge in [0.25, 0.3) is 0 Å². The van der Waals surface area contributed by atoms with Gasteiger partial charge in [-0.1, -0.05) is 5.16 Å². The number of carbonyl (C=O) groups excluding carboxylic acids is 1. The highest BCUT2D eigenvalue weighted by molar-refractivity contribution is 5.89. The van der Waals surface area contributed by atoms with Crippen LogP contribution in [0.25, 0.3) is 11.6 Å². The molecule has 0 saturated heterocycles. The van der Waals surface area contributed by atoms with E-state index in [-0.39, 0.29) is 29.6 Å². The van der Waals surface area contributed by atoms with Gasteiger partial charge in [0.05, 0.1) is 18.4 Å². The minimum Gasteiger partial charge on any atom is -0.461 e. The summed E-state index contributed by atoms with van der Waals surface area (Å²) >= 11 is 0. The molecule has 0 saturated carbocycles. The van der Waals surface area contributed by atoms with Gasteiger partial charge in [0.2, 0.25) is 17.6 Å². The summed E-state index contributed by atoms with van der Waals surface area (Å²) in [5.74, 6) is 0.213. The van der Waals surface area contributed by atoms with Crippen LogP contribution in [-0.4, -0.2) is 16.0 Å². The van der Waals surface area contributed by atoms with E-state index in [0.717, 1.165) is 6.07 Å². The van der Waals surface area contributed by atoms with Crippen molar-refractivity contribution in [1.29, 1.82) is 0 Å². The van der Waals surface area contributed by atoms with E-state index in [0.29, 0.717) is 5.76 Å². The number of amides is 1. The highest BCUT2D eigenvalue weighted by Crippen LogP contribution is 2.36. The molecule has 0 atom stereocenters. The number of rotatable bonds is 5. The standard InChI is InChI=1S/C16H13F3N4O3/c1-9(24)21-10-4-5-12(11(7-10)16(17,18)19)20-8-14-22-15(23-26-14)13-3-2-6-25-13/h2-7,20H,8H2,1H3,(H,21,24). The van der Waals surface area contributed by atoms with E-state index in [1.54, 1.807) is 12.1 Å². The maximum atomic E-state index is 13.3. The van der Waals surface area contributed by atoms with Crippen molar-refractivity contribution in [2.45, 2.75) is 19.6 Å². The number of anilines is 2. The van der Waals surface area contributed by atoms with E-state index in [2.05, 4.69) is 20.8 Å². The van der Waals surface area contributed by atoms with E-state index in [4.69, 9.17) is 8.94 Å². The summed E-state index contributed by atoms with van der Waals surface area (Å²) in [4.78, 5) is 15.1.